The van der Waals surface area contributed by atoms with Crippen molar-refractivity contribution in [2.45, 2.75) is 13.8 Å². The van der Waals surface area contributed by atoms with E-state index in [1.807, 2.05) is 19.9 Å². The molecule has 2 aromatic rings. The second kappa shape index (κ2) is 5.39. The Kier molecular flexibility index (Phi) is 3.66. The van der Waals surface area contributed by atoms with Gasteiger partial charge in [0.2, 0.25) is 0 Å². The van der Waals surface area contributed by atoms with Crippen molar-refractivity contribution < 1.29 is 9.90 Å². The first-order chi connectivity index (χ1) is 9.06. The summed E-state index contributed by atoms with van der Waals surface area (Å²) < 4.78 is 0. The van der Waals surface area contributed by atoms with Gasteiger partial charge < -0.3 is 10.1 Å². The molecule has 0 saturated heterocycles. The number of hydrogen-bond acceptors (Lipinski definition) is 3. The normalized spacial score (nSPS) is 10.8. The maximum absolute atomic E-state index is 11.7. The van der Waals surface area contributed by atoms with Crippen LogP contribution in [-0.2, 0) is 0 Å². The smallest absolute Gasteiger partial charge is 0.271 e. The van der Waals surface area contributed by atoms with Gasteiger partial charge in [0.05, 0.1) is 6.21 Å². The van der Waals surface area contributed by atoms with Crippen molar-refractivity contribution in [1.82, 2.24) is 10.4 Å². The van der Waals surface area contributed by atoms with Gasteiger partial charge in [-0.1, -0.05) is 6.07 Å². The van der Waals surface area contributed by atoms with E-state index in [9.17, 15) is 9.90 Å². The number of carbonyl (C=O) groups excluding carboxylic acids is 1. The molecule has 5 heteroatoms. The number of aryl methyl sites for hydroxylation is 2. The van der Waals surface area contributed by atoms with Crippen molar-refractivity contribution in [2.75, 3.05) is 0 Å². The number of amides is 1. The third kappa shape index (κ3) is 3.22. The summed E-state index contributed by atoms with van der Waals surface area (Å²) in [4.78, 5) is 14.9. The fraction of sp³-hybridized carbons (Fsp3) is 0.143. The number of aromatic nitrogens is 1. The molecule has 3 N–H and O–H groups in total. The SMILES string of the molecule is Cc1cc(/C=N/NC(=O)c2cccc(O)c2)c(C)[nH]1. The number of rotatable bonds is 3. The van der Waals surface area contributed by atoms with E-state index in [0.717, 1.165) is 17.0 Å². The molecule has 0 fully saturated rings. The summed E-state index contributed by atoms with van der Waals surface area (Å²) in [6.45, 7) is 3.89. The maximum Gasteiger partial charge on any atom is 0.271 e. The molecule has 1 amide bonds. The van der Waals surface area contributed by atoms with Gasteiger partial charge in [-0.05, 0) is 38.1 Å². The monoisotopic (exact) mass is 257 g/mol. The average molecular weight is 257 g/mol. The Morgan fingerprint density at radius 1 is 1.37 bits per heavy atom. The first-order valence-electron chi connectivity index (χ1n) is 5.85. The lowest BCUT2D eigenvalue weighted by molar-refractivity contribution is 0.0954. The largest absolute Gasteiger partial charge is 0.508 e. The molecular formula is C14H15N3O2. The number of hydrogen-bond donors (Lipinski definition) is 3. The number of nitrogens with zero attached hydrogens (tertiary/aromatic N) is 1. The highest BCUT2D eigenvalue weighted by atomic mass is 16.3. The van der Waals surface area contributed by atoms with Gasteiger partial charge in [-0.3, -0.25) is 4.79 Å². The Balaban J connectivity index is 2.03. The van der Waals surface area contributed by atoms with Crippen LogP contribution in [0, 0.1) is 13.8 Å². The molecule has 2 rings (SSSR count). The van der Waals surface area contributed by atoms with Crippen LogP contribution in [0.15, 0.2) is 35.4 Å². The molecule has 0 aliphatic carbocycles. The molecule has 98 valence electrons. The molecule has 19 heavy (non-hydrogen) atoms. The van der Waals surface area contributed by atoms with E-state index >= 15 is 0 Å². The van der Waals surface area contributed by atoms with Crippen LogP contribution >= 0.6 is 0 Å². The predicted octanol–water partition coefficient (Wildman–Crippen LogP) is 2.10. The molecular weight excluding hydrogens is 242 g/mol. The van der Waals surface area contributed by atoms with Crippen molar-refractivity contribution in [2.24, 2.45) is 5.10 Å². The lowest BCUT2D eigenvalue weighted by Crippen LogP contribution is -2.17. The van der Waals surface area contributed by atoms with E-state index in [0.29, 0.717) is 5.56 Å². The van der Waals surface area contributed by atoms with Gasteiger partial charge in [0.1, 0.15) is 5.75 Å². The van der Waals surface area contributed by atoms with Gasteiger partial charge in [-0.2, -0.15) is 5.10 Å². The van der Waals surface area contributed by atoms with Gasteiger partial charge in [-0.15, -0.1) is 0 Å². The number of nitrogens with one attached hydrogen (secondary N) is 2. The first kappa shape index (κ1) is 12.9. The minimum atomic E-state index is -0.364. The summed E-state index contributed by atoms with van der Waals surface area (Å²) in [5.74, 6) is -0.314. The summed E-state index contributed by atoms with van der Waals surface area (Å²) in [6.07, 6.45) is 1.58. The zero-order valence-electron chi connectivity index (χ0n) is 10.8. The molecule has 1 heterocycles. The fourth-order valence-electron chi connectivity index (χ4n) is 1.75. The second-order valence-electron chi connectivity index (χ2n) is 4.28. The fourth-order valence-corrected chi connectivity index (χ4v) is 1.75. The Labute approximate surface area is 111 Å². The lowest BCUT2D eigenvalue weighted by atomic mass is 10.2. The number of H-pyrrole nitrogens is 1. The van der Waals surface area contributed by atoms with E-state index in [-0.39, 0.29) is 11.7 Å². The van der Waals surface area contributed by atoms with Crippen molar-refractivity contribution in [3.05, 3.63) is 52.8 Å². The van der Waals surface area contributed by atoms with Crippen LogP contribution in [-0.4, -0.2) is 22.2 Å². The zero-order chi connectivity index (χ0) is 13.8. The van der Waals surface area contributed by atoms with Crippen LogP contribution in [0.25, 0.3) is 0 Å². The Hall–Kier alpha value is -2.56. The Morgan fingerprint density at radius 3 is 2.79 bits per heavy atom. The second-order valence-corrected chi connectivity index (χ2v) is 4.28. The number of phenols is 1. The van der Waals surface area contributed by atoms with Crippen LogP contribution in [0.5, 0.6) is 5.75 Å². The molecule has 0 bridgehead atoms. The zero-order valence-corrected chi connectivity index (χ0v) is 10.8. The summed E-state index contributed by atoms with van der Waals surface area (Å²) >= 11 is 0. The van der Waals surface area contributed by atoms with Crippen molar-refractivity contribution in [3.8, 4) is 5.75 Å². The molecule has 5 nitrogen and oxygen atoms in total. The van der Waals surface area contributed by atoms with Crippen LogP contribution < -0.4 is 5.43 Å². The highest BCUT2D eigenvalue weighted by Crippen LogP contribution is 2.10. The van der Waals surface area contributed by atoms with Crippen LogP contribution in [0.1, 0.15) is 27.3 Å². The number of aromatic amines is 1. The highest BCUT2D eigenvalue weighted by Gasteiger charge is 2.04. The van der Waals surface area contributed by atoms with Crippen LogP contribution in [0.3, 0.4) is 0 Å². The first-order valence-corrected chi connectivity index (χ1v) is 5.85. The average Bonchev–Trinajstić information content (AvgIpc) is 2.68. The number of benzene rings is 1. The molecule has 0 spiro atoms. The summed E-state index contributed by atoms with van der Waals surface area (Å²) in [5, 5.41) is 13.2. The van der Waals surface area contributed by atoms with E-state index in [1.54, 1.807) is 18.3 Å². The van der Waals surface area contributed by atoms with E-state index in [2.05, 4.69) is 15.5 Å². The van der Waals surface area contributed by atoms with Gasteiger partial charge >= 0.3 is 0 Å². The molecule has 0 unspecified atom stereocenters. The third-order valence-electron chi connectivity index (χ3n) is 2.67. The number of carbonyl (C=O) groups is 1. The quantitative estimate of drug-likeness (QED) is 0.581. The molecule has 0 atom stereocenters. The number of aromatic hydroxyl groups is 1. The summed E-state index contributed by atoms with van der Waals surface area (Å²) in [7, 11) is 0. The Bertz CT molecular complexity index is 629. The topological polar surface area (TPSA) is 77.5 Å². The molecule has 1 aromatic carbocycles. The predicted molar refractivity (Wildman–Crippen MR) is 73.4 cm³/mol. The lowest BCUT2D eigenvalue weighted by Gasteiger charge is -1.99. The maximum atomic E-state index is 11.7. The molecule has 0 saturated carbocycles. The van der Waals surface area contributed by atoms with E-state index in [4.69, 9.17) is 0 Å². The highest BCUT2D eigenvalue weighted by molar-refractivity contribution is 5.95. The minimum absolute atomic E-state index is 0.0498. The van der Waals surface area contributed by atoms with Gasteiger partial charge in [0, 0.05) is 22.5 Å². The van der Waals surface area contributed by atoms with Gasteiger partial charge in [0.25, 0.3) is 5.91 Å². The van der Waals surface area contributed by atoms with Gasteiger partial charge in [0.15, 0.2) is 0 Å². The van der Waals surface area contributed by atoms with Crippen molar-refractivity contribution in [3.63, 3.8) is 0 Å². The standard InChI is InChI=1S/C14H15N3O2/c1-9-6-12(10(2)16-9)8-15-17-14(19)11-4-3-5-13(18)7-11/h3-8,16,18H,1-2H3,(H,17,19)/b15-8+. The van der Waals surface area contributed by atoms with Crippen LogP contribution in [0.2, 0.25) is 0 Å². The van der Waals surface area contributed by atoms with Crippen molar-refractivity contribution >= 4 is 12.1 Å². The third-order valence-corrected chi connectivity index (χ3v) is 2.67. The Morgan fingerprint density at radius 2 is 2.16 bits per heavy atom. The number of phenolic OH excluding ortho intramolecular Hbond substituents is 1. The molecule has 0 radical (unpaired) electrons. The summed E-state index contributed by atoms with van der Waals surface area (Å²) in [6, 6.07) is 8.05. The number of hydrazone groups is 1. The minimum Gasteiger partial charge on any atom is -0.508 e. The van der Waals surface area contributed by atoms with Gasteiger partial charge in [-0.25, -0.2) is 5.43 Å². The van der Waals surface area contributed by atoms with E-state index < -0.39 is 0 Å². The van der Waals surface area contributed by atoms with Crippen LogP contribution in [0.4, 0.5) is 0 Å². The molecule has 0 aliphatic rings. The molecule has 0 aliphatic heterocycles. The molecule has 1 aromatic heterocycles. The van der Waals surface area contributed by atoms with Crippen molar-refractivity contribution in [1.29, 1.82) is 0 Å². The van der Waals surface area contributed by atoms with E-state index in [1.165, 1.54) is 12.1 Å². The summed E-state index contributed by atoms with van der Waals surface area (Å²) in [5.41, 5.74) is 5.74.